The number of nitrogens with one attached hydrogen (secondary N) is 1. The van der Waals surface area contributed by atoms with Crippen molar-refractivity contribution < 1.29 is 9.59 Å². The van der Waals surface area contributed by atoms with Gasteiger partial charge in [0.2, 0.25) is 5.91 Å². The van der Waals surface area contributed by atoms with Crippen LogP contribution in [-0.2, 0) is 11.3 Å². The Kier molecular flexibility index (Phi) is 6.33. The molecule has 2 amide bonds. The molecule has 0 bridgehead atoms. The zero-order chi connectivity index (χ0) is 21.0. The number of fused-ring (bicyclic) bond motifs is 1. The average Bonchev–Trinajstić information content (AvgIpc) is 2.69. The van der Waals surface area contributed by atoms with Gasteiger partial charge in [-0.15, -0.1) is 0 Å². The van der Waals surface area contributed by atoms with Crippen molar-refractivity contribution in [2.75, 3.05) is 19.4 Å². The molecule has 0 aliphatic carbocycles. The normalized spacial score (nSPS) is 10.7. The van der Waals surface area contributed by atoms with Crippen molar-refractivity contribution in [2.45, 2.75) is 24.8 Å². The summed E-state index contributed by atoms with van der Waals surface area (Å²) in [5, 5.41) is 3.23. The molecule has 8 heteroatoms. The number of amides is 2. The van der Waals surface area contributed by atoms with Crippen molar-refractivity contribution >= 4 is 39.5 Å². The van der Waals surface area contributed by atoms with Crippen LogP contribution in [0, 0.1) is 6.92 Å². The molecule has 0 saturated carbocycles. The van der Waals surface area contributed by atoms with Crippen LogP contribution in [0.15, 0.2) is 58.5 Å². The molecular formula is C21H22N4O3S. The van der Waals surface area contributed by atoms with E-state index in [-0.39, 0.29) is 29.7 Å². The Labute approximate surface area is 172 Å². The Morgan fingerprint density at radius 2 is 1.90 bits per heavy atom. The van der Waals surface area contributed by atoms with Crippen LogP contribution in [0.5, 0.6) is 0 Å². The summed E-state index contributed by atoms with van der Waals surface area (Å²) < 4.78 is 1.44. The molecule has 0 unspecified atom stereocenters. The van der Waals surface area contributed by atoms with E-state index in [1.807, 2.05) is 25.1 Å². The number of anilines is 1. The van der Waals surface area contributed by atoms with Gasteiger partial charge in [0.25, 0.3) is 10.8 Å². The summed E-state index contributed by atoms with van der Waals surface area (Å²) in [4.78, 5) is 43.5. The number of thioether (sulfide) groups is 1. The van der Waals surface area contributed by atoms with Crippen LogP contribution in [0.3, 0.4) is 0 Å². The quantitative estimate of drug-likeness (QED) is 0.651. The second-order valence-corrected chi connectivity index (χ2v) is 7.76. The molecule has 3 rings (SSSR count). The van der Waals surface area contributed by atoms with Crippen molar-refractivity contribution in [1.82, 2.24) is 14.5 Å². The number of carbonyl (C=O) groups is 2. The monoisotopic (exact) mass is 410 g/mol. The number of nitrogens with zero attached hydrogens (tertiary/aromatic N) is 3. The molecule has 1 N–H and O–H groups in total. The third-order valence-corrected chi connectivity index (χ3v) is 5.47. The molecule has 7 nitrogen and oxygen atoms in total. The number of aryl methyl sites for hydroxylation is 2. The molecular weight excluding hydrogens is 388 g/mol. The Hall–Kier alpha value is -3.13. The van der Waals surface area contributed by atoms with Crippen LogP contribution in [0.4, 0.5) is 10.5 Å². The van der Waals surface area contributed by atoms with Crippen LogP contribution >= 0.6 is 11.8 Å². The summed E-state index contributed by atoms with van der Waals surface area (Å²) in [7, 11) is 3.35. The molecule has 3 aromatic rings. The zero-order valence-corrected chi connectivity index (χ0v) is 17.3. The number of carbonyl (C=O) groups excluding carboxylic acids is 2. The van der Waals surface area contributed by atoms with E-state index in [0.717, 1.165) is 17.3 Å². The Balaban J connectivity index is 1.70. The standard InChI is InChI=1S/C21H22N4O3S/c1-14-7-6-8-15-19(14)22-13-25(20(15)27)12-11-18(26)23-16-9-4-5-10-17(16)29-21(28)24(2)3/h4-10,13H,11-12H2,1-3H3,(H,23,26). The van der Waals surface area contributed by atoms with Gasteiger partial charge in [0.05, 0.1) is 22.9 Å². The predicted octanol–water partition coefficient (Wildman–Crippen LogP) is 3.51. The lowest BCUT2D eigenvalue weighted by atomic mass is 10.1. The summed E-state index contributed by atoms with van der Waals surface area (Å²) in [5.41, 5.74) is 2.01. The molecule has 2 aromatic carbocycles. The fourth-order valence-electron chi connectivity index (χ4n) is 2.78. The van der Waals surface area contributed by atoms with E-state index in [1.165, 1.54) is 15.8 Å². The number of benzene rings is 2. The summed E-state index contributed by atoms with van der Waals surface area (Å²) in [6.07, 6.45) is 1.59. The summed E-state index contributed by atoms with van der Waals surface area (Å²) >= 11 is 1.05. The second-order valence-electron chi connectivity index (χ2n) is 6.77. The third kappa shape index (κ3) is 4.83. The lowest BCUT2D eigenvalue weighted by molar-refractivity contribution is -0.116. The number of hydrogen-bond donors (Lipinski definition) is 1. The minimum atomic E-state index is -0.244. The number of aromatic nitrogens is 2. The van der Waals surface area contributed by atoms with Crippen LogP contribution in [0.2, 0.25) is 0 Å². The minimum absolute atomic E-state index is 0.111. The maximum Gasteiger partial charge on any atom is 0.286 e. The lowest BCUT2D eigenvalue weighted by Gasteiger charge is -2.13. The molecule has 1 heterocycles. The maximum absolute atomic E-state index is 12.6. The highest BCUT2D eigenvalue weighted by Gasteiger charge is 2.13. The maximum atomic E-state index is 12.6. The zero-order valence-electron chi connectivity index (χ0n) is 16.5. The van der Waals surface area contributed by atoms with Crippen molar-refractivity contribution in [3.63, 3.8) is 0 Å². The van der Waals surface area contributed by atoms with Crippen LogP contribution in [0.1, 0.15) is 12.0 Å². The number of hydrogen-bond acceptors (Lipinski definition) is 5. The highest BCUT2D eigenvalue weighted by Crippen LogP contribution is 2.28. The van der Waals surface area contributed by atoms with Crippen molar-refractivity contribution in [1.29, 1.82) is 0 Å². The van der Waals surface area contributed by atoms with Crippen LogP contribution in [-0.4, -0.2) is 39.7 Å². The largest absolute Gasteiger partial charge is 0.339 e. The molecule has 0 radical (unpaired) electrons. The van der Waals surface area contributed by atoms with E-state index < -0.39 is 0 Å². The Morgan fingerprint density at radius 1 is 1.14 bits per heavy atom. The van der Waals surface area contributed by atoms with E-state index in [2.05, 4.69) is 10.3 Å². The molecule has 0 fully saturated rings. The molecule has 0 aliphatic heterocycles. The number of rotatable bonds is 5. The van der Waals surface area contributed by atoms with Gasteiger partial charge in [-0.25, -0.2) is 4.98 Å². The summed E-state index contributed by atoms with van der Waals surface area (Å²) in [6.45, 7) is 2.12. The van der Waals surface area contributed by atoms with Gasteiger partial charge in [0.1, 0.15) is 0 Å². The minimum Gasteiger partial charge on any atom is -0.339 e. The molecule has 1 aromatic heterocycles. The fourth-order valence-corrected chi connectivity index (χ4v) is 3.52. The van der Waals surface area contributed by atoms with Gasteiger partial charge < -0.3 is 10.2 Å². The molecule has 29 heavy (non-hydrogen) atoms. The van der Waals surface area contributed by atoms with E-state index in [1.54, 1.807) is 38.4 Å². The number of para-hydroxylation sites is 2. The first kappa shape index (κ1) is 20.6. The molecule has 0 aliphatic rings. The van der Waals surface area contributed by atoms with Gasteiger partial charge in [0.15, 0.2) is 0 Å². The Bertz CT molecular complexity index is 1120. The summed E-state index contributed by atoms with van der Waals surface area (Å²) in [6, 6.07) is 12.6. The van der Waals surface area contributed by atoms with Crippen molar-refractivity contribution in [3.05, 3.63) is 64.7 Å². The highest BCUT2D eigenvalue weighted by molar-refractivity contribution is 8.13. The molecule has 150 valence electrons. The second kappa shape index (κ2) is 8.91. The molecule has 0 saturated heterocycles. The van der Waals surface area contributed by atoms with E-state index >= 15 is 0 Å². The van der Waals surface area contributed by atoms with Crippen LogP contribution in [0.25, 0.3) is 10.9 Å². The average molecular weight is 410 g/mol. The SMILES string of the molecule is Cc1cccc2c(=O)n(CCC(=O)Nc3ccccc3SC(=O)N(C)C)cnc12. The first-order valence-corrected chi connectivity index (χ1v) is 9.91. The van der Waals surface area contributed by atoms with Gasteiger partial charge in [-0.05, 0) is 42.4 Å². The van der Waals surface area contributed by atoms with Crippen molar-refractivity contribution in [2.24, 2.45) is 0 Å². The van der Waals surface area contributed by atoms with Crippen LogP contribution < -0.4 is 10.9 Å². The Morgan fingerprint density at radius 3 is 2.66 bits per heavy atom. The fraction of sp³-hybridized carbons (Fsp3) is 0.238. The van der Waals surface area contributed by atoms with E-state index in [4.69, 9.17) is 0 Å². The first-order valence-electron chi connectivity index (χ1n) is 9.09. The summed E-state index contributed by atoms with van der Waals surface area (Å²) in [5.74, 6) is -0.244. The smallest absolute Gasteiger partial charge is 0.286 e. The highest BCUT2D eigenvalue weighted by atomic mass is 32.2. The van der Waals surface area contributed by atoms with Gasteiger partial charge in [-0.1, -0.05) is 24.3 Å². The topological polar surface area (TPSA) is 84.3 Å². The lowest BCUT2D eigenvalue weighted by Crippen LogP contribution is -2.24. The predicted molar refractivity (Wildman–Crippen MR) is 115 cm³/mol. The molecule has 0 spiro atoms. The van der Waals surface area contributed by atoms with Gasteiger partial charge in [0, 0.05) is 32.0 Å². The third-order valence-electron chi connectivity index (χ3n) is 4.36. The van der Waals surface area contributed by atoms with Gasteiger partial charge in [-0.2, -0.15) is 0 Å². The van der Waals surface area contributed by atoms with E-state index in [0.29, 0.717) is 21.5 Å². The van der Waals surface area contributed by atoms with Gasteiger partial charge in [-0.3, -0.25) is 19.0 Å². The van der Waals surface area contributed by atoms with E-state index in [9.17, 15) is 14.4 Å². The first-order chi connectivity index (χ1) is 13.9. The molecule has 0 atom stereocenters. The van der Waals surface area contributed by atoms with Gasteiger partial charge >= 0.3 is 0 Å². The van der Waals surface area contributed by atoms with Crippen molar-refractivity contribution in [3.8, 4) is 0 Å².